The minimum absolute atomic E-state index is 0.866. The second-order valence-electron chi connectivity index (χ2n) is 7.90. The Balaban J connectivity index is 0.000000556. The van der Waals surface area contributed by atoms with E-state index in [9.17, 15) is 0 Å². The number of para-hydroxylation sites is 2. The number of allylic oxidation sites excluding steroid dienone is 4. The molecule has 0 N–H and O–H groups in total. The maximum Gasteiger partial charge on any atom is 0.360 e. The van der Waals surface area contributed by atoms with Gasteiger partial charge in [0.05, 0.1) is 5.39 Å². The number of rotatable bonds is 4. The molecule has 0 spiro atoms. The highest BCUT2D eigenvalue weighted by Crippen LogP contribution is 2.37. The van der Waals surface area contributed by atoms with Gasteiger partial charge in [-0.1, -0.05) is 79.7 Å². The number of hydrogen-bond acceptors (Lipinski definition) is 5. The fraction of sp³-hybridized carbons (Fsp3) is 0.0690. The molecule has 0 saturated carbocycles. The van der Waals surface area contributed by atoms with Crippen molar-refractivity contribution in [3.8, 4) is 5.75 Å². The first-order valence-electron chi connectivity index (χ1n) is 11.2. The summed E-state index contributed by atoms with van der Waals surface area (Å²) in [7, 11) is -4.94. The molecule has 0 atom stereocenters. The van der Waals surface area contributed by atoms with Crippen LogP contribution in [0.3, 0.4) is 0 Å². The number of fused-ring (bicyclic) bond motifs is 2. The quantitative estimate of drug-likeness (QED) is 0.396. The zero-order valence-electron chi connectivity index (χ0n) is 19.4. The Bertz CT molecular complexity index is 1420. The molecular formula is C29H23ClO6. The molecule has 0 amide bonds. The lowest BCUT2D eigenvalue weighted by molar-refractivity contribution is -2.00. The van der Waals surface area contributed by atoms with Crippen molar-refractivity contribution in [2.24, 2.45) is 0 Å². The molecule has 1 aliphatic heterocycles. The highest BCUT2D eigenvalue weighted by atomic mass is 35.7. The first-order chi connectivity index (χ1) is 17.3. The summed E-state index contributed by atoms with van der Waals surface area (Å²) in [6.07, 6.45) is 9.33. The van der Waals surface area contributed by atoms with Gasteiger partial charge in [0.2, 0.25) is 0 Å². The Labute approximate surface area is 211 Å². The minimum atomic E-state index is -4.94. The topological polar surface area (TPSA) is 113 Å². The average molecular weight is 503 g/mol. The molecule has 1 aliphatic rings. The Kier molecular flexibility index (Phi) is 7.95. The van der Waals surface area contributed by atoms with Gasteiger partial charge in [0.1, 0.15) is 11.5 Å². The maximum absolute atomic E-state index is 8.49. The number of hydrogen-bond donors (Lipinski definition) is 0. The third kappa shape index (κ3) is 6.66. The van der Waals surface area contributed by atoms with Gasteiger partial charge in [0.25, 0.3) is 0 Å². The molecule has 0 fully saturated rings. The van der Waals surface area contributed by atoms with E-state index < -0.39 is 10.2 Å². The van der Waals surface area contributed by atoms with Crippen LogP contribution in [0.25, 0.3) is 28.4 Å². The summed E-state index contributed by atoms with van der Waals surface area (Å²) in [5.74, 6) is 1.75. The molecule has 0 saturated heterocycles. The van der Waals surface area contributed by atoms with Gasteiger partial charge in [0, 0.05) is 28.8 Å². The van der Waals surface area contributed by atoms with E-state index in [4.69, 9.17) is 27.8 Å². The largest absolute Gasteiger partial charge is 0.456 e. The Morgan fingerprint density at radius 1 is 0.861 bits per heavy atom. The summed E-state index contributed by atoms with van der Waals surface area (Å²) in [6, 6.07) is 28.6. The van der Waals surface area contributed by atoms with Crippen molar-refractivity contribution in [3.63, 3.8) is 0 Å². The van der Waals surface area contributed by atoms with E-state index in [1.54, 1.807) is 6.26 Å². The third-order valence-electron chi connectivity index (χ3n) is 5.49. The lowest BCUT2D eigenvalue weighted by Gasteiger charge is -2.21. The highest BCUT2D eigenvalue weighted by Gasteiger charge is 2.18. The van der Waals surface area contributed by atoms with Crippen LogP contribution in [0, 0.1) is 10.2 Å². The smallest absolute Gasteiger partial charge is 0.360 e. The van der Waals surface area contributed by atoms with Crippen LogP contribution in [-0.4, -0.2) is 0 Å². The van der Waals surface area contributed by atoms with Crippen LogP contribution in [0.15, 0.2) is 113 Å². The molecule has 7 heteroatoms. The molecule has 0 radical (unpaired) electrons. The second-order valence-corrected chi connectivity index (χ2v) is 8.65. The van der Waals surface area contributed by atoms with Crippen LogP contribution in [0.5, 0.6) is 5.75 Å². The van der Waals surface area contributed by atoms with Crippen LogP contribution in [-0.2, 0) is 0 Å². The molecule has 0 bridgehead atoms. The van der Waals surface area contributed by atoms with Crippen molar-refractivity contribution in [3.05, 3.63) is 126 Å². The summed E-state index contributed by atoms with van der Waals surface area (Å²) >= 11 is 0. The van der Waals surface area contributed by atoms with Crippen molar-refractivity contribution in [2.75, 3.05) is 0 Å². The predicted octanol–water partition coefficient (Wildman–Crippen LogP) is 3.27. The van der Waals surface area contributed by atoms with Gasteiger partial charge in [-0.2, -0.15) is 0 Å². The summed E-state index contributed by atoms with van der Waals surface area (Å²) in [6.45, 7) is 2.19. The van der Waals surface area contributed by atoms with Gasteiger partial charge in [-0.15, -0.1) is 10.2 Å². The summed E-state index contributed by atoms with van der Waals surface area (Å²) < 4.78 is 45.9. The van der Waals surface area contributed by atoms with Crippen molar-refractivity contribution < 1.29 is 38.0 Å². The number of benzene rings is 3. The van der Waals surface area contributed by atoms with Crippen molar-refractivity contribution in [1.82, 2.24) is 0 Å². The SMILES string of the molecule is CCC(=C/c1cc[o+]c2ccccc12)/C=C1\C=C(c2ccccc2)Oc2ccccc21.[O-][Cl+3]([O-])([O-])[O-]. The molecular weight excluding hydrogens is 480 g/mol. The van der Waals surface area contributed by atoms with Crippen LogP contribution in [0.4, 0.5) is 0 Å². The number of halogens is 1. The molecule has 182 valence electrons. The van der Waals surface area contributed by atoms with Gasteiger partial charge >= 0.3 is 11.8 Å². The molecule has 4 aromatic rings. The third-order valence-corrected chi connectivity index (χ3v) is 5.49. The van der Waals surface area contributed by atoms with Gasteiger partial charge in [0.15, 0.2) is 0 Å². The minimum Gasteiger partial charge on any atom is -0.456 e. The molecule has 0 unspecified atom stereocenters. The average Bonchev–Trinajstić information content (AvgIpc) is 2.88. The first kappa shape index (κ1) is 25.3. The lowest BCUT2D eigenvalue weighted by Crippen LogP contribution is -2.68. The number of ether oxygens (including phenoxy) is 1. The van der Waals surface area contributed by atoms with Gasteiger partial charge in [-0.25, -0.2) is 23.1 Å². The summed E-state index contributed by atoms with van der Waals surface area (Å²) in [5, 5.41) is 1.11. The first-order valence-corrected chi connectivity index (χ1v) is 12.4. The molecule has 0 aliphatic carbocycles. The van der Waals surface area contributed by atoms with Crippen molar-refractivity contribution >= 4 is 28.4 Å². The van der Waals surface area contributed by atoms with Crippen LogP contribution in [0.2, 0.25) is 0 Å². The monoisotopic (exact) mass is 502 g/mol. The maximum atomic E-state index is 8.49. The molecule has 1 aromatic heterocycles. The Morgan fingerprint density at radius 2 is 1.53 bits per heavy atom. The highest BCUT2D eigenvalue weighted by molar-refractivity contribution is 5.91. The lowest BCUT2D eigenvalue weighted by atomic mass is 9.96. The van der Waals surface area contributed by atoms with Crippen LogP contribution in [0.1, 0.15) is 30.0 Å². The van der Waals surface area contributed by atoms with E-state index in [2.05, 4.69) is 55.5 Å². The second kappa shape index (κ2) is 11.3. The van der Waals surface area contributed by atoms with E-state index in [-0.39, 0.29) is 0 Å². The van der Waals surface area contributed by atoms with E-state index in [1.807, 2.05) is 54.6 Å². The van der Waals surface area contributed by atoms with Crippen LogP contribution >= 0.6 is 0 Å². The van der Waals surface area contributed by atoms with Gasteiger partial charge in [-0.05, 0) is 35.8 Å². The fourth-order valence-corrected chi connectivity index (χ4v) is 3.87. The van der Waals surface area contributed by atoms with Gasteiger partial charge < -0.3 is 4.74 Å². The summed E-state index contributed by atoms with van der Waals surface area (Å²) in [4.78, 5) is 0. The van der Waals surface area contributed by atoms with Gasteiger partial charge in [-0.3, -0.25) is 0 Å². The fourth-order valence-electron chi connectivity index (χ4n) is 3.87. The molecule has 3 aromatic carbocycles. The standard InChI is InChI=1S/C29H23O2.ClHO4/c1-2-21(18-23-16-17-30-27-14-8-6-12-25(23)27)19-24-20-29(22-10-4-3-5-11-22)31-28-15-9-7-13-26(24)28;2-1(3,4)5/h3-20H,2H2,1H3;(H,2,3,4,5)/q+1;/p-1. The zero-order chi connectivity index (χ0) is 25.5. The van der Waals surface area contributed by atoms with E-state index in [0.717, 1.165) is 51.2 Å². The molecule has 2 heterocycles. The Morgan fingerprint density at radius 3 is 2.28 bits per heavy atom. The molecule has 36 heavy (non-hydrogen) atoms. The normalized spacial score (nSPS) is 14.4. The summed E-state index contributed by atoms with van der Waals surface area (Å²) in [5.41, 5.74) is 6.62. The van der Waals surface area contributed by atoms with Crippen molar-refractivity contribution in [2.45, 2.75) is 13.3 Å². The van der Waals surface area contributed by atoms with E-state index in [1.165, 1.54) is 5.57 Å². The molecule has 5 rings (SSSR count). The van der Waals surface area contributed by atoms with Crippen LogP contribution < -0.4 is 23.4 Å². The predicted molar refractivity (Wildman–Crippen MR) is 128 cm³/mol. The molecule has 6 nitrogen and oxygen atoms in total. The Hall–Kier alpha value is -3.78. The van der Waals surface area contributed by atoms with E-state index >= 15 is 0 Å². The van der Waals surface area contributed by atoms with Crippen molar-refractivity contribution in [1.29, 1.82) is 0 Å². The zero-order valence-corrected chi connectivity index (χ0v) is 20.2. The van der Waals surface area contributed by atoms with E-state index in [0.29, 0.717) is 0 Å².